The molecule has 0 saturated heterocycles. The predicted molar refractivity (Wildman–Crippen MR) is 81.1 cm³/mol. The molecule has 0 bridgehead atoms. The lowest BCUT2D eigenvalue weighted by atomic mass is 9.98. The molecule has 1 aromatic carbocycles. The lowest BCUT2D eigenvalue weighted by Crippen LogP contribution is -2.40. The Morgan fingerprint density at radius 2 is 2.05 bits per heavy atom. The Morgan fingerprint density at radius 1 is 1.38 bits per heavy atom. The van der Waals surface area contributed by atoms with Crippen LogP contribution >= 0.6 is 15.9 Å². The number of benzene rings is 1. The molecule has 1 aliphatic rings. The molecule has 0 spiro atoms. The number of halogens is 1. The second kappa shape index (κ2) is 5.63. The fraction of sp³-hybridized carbons (Fsp3) is 0.500. The molecule has 0 saturated carbocycles. The van der Waals surface area contributed by atoms with Crippen LogP contribution in [0.2, 0.25) is 0 Å². The molecule has 0 atom stereocenters. The van der Waals surface area contributed by atoms with E-state index in [2.05, 4.69) is 15.9 Å². The minimum atomic E-state index is -0.583. The molecule has 114 valence electrons. The molecule has 1 amide bonds. The summed E-state index contributed by atoms with van der Waals surface area (Å²) in [5.41, 5.74) is 0.928. The van der Waals surface area contributed by atoms with Gasteiger partial charge in [0.2, 0.25) is 0 Å². The number of nitro benzene ring substituents is 1. The molecule has 0 aliphatic carbocycles. The zero-order valence-electron chi connectivity index (χ0n) is 12.2. The zero-order chi connectivity index (χ0) is 15.8. The van der Waals surface area contributed by atoms with E-state index in [9.17, 15) is 14.9 Å². The number of carbonyl (C=O) groups is 1. The summed E-state index contributed by atoms with van der Waals surface area (Å²) in [6.45, 7) is 6.06. The summed E-state index contributed by atoms with van der Waals surface area (Å²) >= 11 is 3.41. The molecule has 1 heterocycles. The van der Waals surface area contributed by atoms with Crippen molar-refractivity contribution in [1.82, 2.24) is 4.90 Å². The molecule has 0 unspecified atom stereocenters. The topological polar surface area (TPSA) is 72.7 Å². The van der Waals surface area contributed by atoms with E-state index in [1.165, 1.54) is 11.0 Å². The standard InChI is InChI=1S/C14H17BrN2O4/c1-14(2,3)21-13(18)16-7-6-9-10(8-16)12(17(19)20)5-4-11(9)15/h4-5H,6-8H2,1-3H3. The van der Waals surface area contributed by atoms with Gasteiger partial charge in [-0.05, 0) is 38.8 Å². The molecule has 21 heavy (non-hydrogen) atoms. The van der Waals surface area contributed by atoms with E-state index in [1.54, 1.807) is 26.8 Å². The van der Waals surface area contributed by atoms with E-state index in [4.69, 9.17) is 4.74 Å². The highest BCUT2D eigenvalue weighted by Crippen LogP contribution is 2.33. The van der Waals surface area contributed by atoms with Gasteiger partial charge in [-0.2, -0.15) is 0 Å². The Balaban J connectivity index is 2.29. The maximum absolute atomic E-state index is 12.1. The Hall–Kier alpha value is -1.63. The van der Waals surface area contributed by atoms with Gasteiger partial charge in [-0.3, -0.25) is 10.1 Å². The first-order valence-corrected chi connectivity index (χ1v) is 7.41. The Bertz CT molecular complexity index is 595. The van der Waals surface area contributed by atoms with Gasteiger partial charge in [-0.15, -0.1) is 0 Å². The normalized spacial score (nSPS) is 14.6. The van der Waals surface area contributed by atoms with Crippen molar-refractivity contribution in [3.63, 3.8) is 0 Å². The van der Waals surface area contributed by atoms with E-state index < -0.39 is 16.6 Å². The number of carbonyl (C=O) groups excluding carboxylic acids is 1. The monoisotopic (exact) mass is 356 g/mol. The molecule has 7 heteroatoms. The third kappa shape index (κ3) is 3.53. The smallest absolute Gasteiger partial charge is 0.410 e. The maximum atomic E-state index is 12.1. The third-order valence-corrected chi connectivity index (χ3v) is 3.92. The van der Waals surface area contributed by atoms with Crippen LogP contribution in [-0.4, -0.2) is 28.1 Å². The highest BCUT2D eigenvalue weighted by molar-refractivity contribution is 9.10. The fourth-order valence-corrected chi connectivity index (χ4v) is 2.84. The van der Waals surface area contributed by atoms with Gasteiger partial charge >= 0.3 is 6.09 Å². The number of rotatable bonds is 1. The van der Waals surface area contributed by atoms with Crippen molar-refractivity contribution >= 4 is 27.7 Å². The van der Waals surface area contributed by atoms with Crippen molar-refractivity contribution in [2.75, 3.05) is 6.54 Å². The number of hydrogen-bond donors (Lipinski definition) is 0. The van der Waals surface area contributed by atoms with Crippen molar-refractivity contribution < 1.29 is 14.5 Å². The number of nitro groups is 1. The highest BCUT2D eigenvalue weighted by Gasteiger charge is 2.30. The van der Waals surface area contributed by atoms with Crippen molar-refractivity contribution in [2.24, 2.45) is 0 Å². The van der Waals surface area contributed by atoms with Crippen LogP contribution in [0.5, 0.6) is 0 Å². The number of nitrogens with zero attached hydrogens (tertiary/aromatic N) is 2. The van der Waals surface area contributed by atoms with E-state index in [-0.39, 0.29) is 12.2 Å². The summed E-state index contributed by atoms with van der Waals surface area (Å²) in [5.74, 6) is 0. The first kappa shape index (κ1) is 15.8. The average Bonchev–Trinajstić information content (AvgIpc) is 2.36. The van der Waals surface area contributed by atoms with Gasteiger partial charge in [-0.25, -0.2) is 4.79 Å². The first-order chi connectivity index (χ1) is 9.69. The lowest BCUT2D eigenvalue weighted by Gasteiger charge is -2.31. The quantitative estimate of drug-likeness (QED) is 0.568. The largest absolute Gasteiger partial charge is 0.444 e. The molecule has 1 aromatic rings. The summed E-state index contributed by atoms with van der Waals surface area (Å²) in [5, 5.41) is 11.1. The van der Waals surface area contributed by atoms with Gasteiger partial charge in [0.15, 0.2) is 0 Å². The van der Waals surface area contributed by atoms with Crippen LogP contribution in [-0.2, 0) is 17.7 Å². The van der Waals surface area contributed by atoms with Crippen LogP contribution in [0.15, 0.2) is 16.6 Å². The van der Waals surface area contributed by atoms with Crippen LogP contribution in [0, 0.1) is 10.1 Å². The zero-order valence-corrected chi connectivity index (χ0v) is 13.8. The molecule has 6 nitrogen and oxygen atoms in total. The van der Waals surface area contributed by atoms with E-state index in [0.29, 0.717) is 18.5 Å². The molecule has 0 aromatic heterocycles. The second-order valence-electron chi connectivity index (χ2n) is 5.93. The number of fused-ring (bicyclic) bond motifs is 1. The summed E-state index contributed by atoms with van der Waals surface area (Å²) in [6, 6.07) is 3.14. The van der Waals surface area contributed by atoms with Crippen molar-refractivity contribution in [2.45, 2.75) is 39.3 Å². The van der Waals surface area contributed by atoms with Crippen molar-refractivity contribution in [3.05, 3.63) is 37.8 Å². The van der Waals surface area contributed by atoms with Gasteiger partial charge in [0.1, 0.15) is 5.60 Å². The molecular weight excluding hydrogens is 340 g/mol. The van der Waals surface area contributed by atoms with E-state index >= 15 is 0 Å². The van der Waals surface area contributed by atoms with Crippen LogP contribution < -0.4 is 0 Å². The van der Waals surface area contributed by atoms with Crippen LogP contribution in [0.3, 0.4) is 0 Å². The molecule has 0 N–H and O–H groups in total. The van der Waals surface area contributed by atoms with Crippen molar-refractivity contribution in [1.29, 1.82) is 0 Å². The van der Waals surface area contributed by atoms with Crippen molar-refractivity contribution in [3.8, 4) is 0 Å². The average molecular weight is 357 g/mol. The number of amides is 1. The SMILES string of the molecule is CC(C)(C)OC(=O)N1CCc2c(Br)ccc([N+](=O)[O-])c2C1. The fourth-order valence-electron chi connectivity index (χ4n) is 2.27. The predicted octanol–water partition coefficient (Wildman–Crippen LogP) is 3.65. The number of ether oxygens (including phenoxy) is 1. The second-order valence-corrected chi connectivity index (χ2v) is 6.79. The minimum absolute atomic E-state index is 0.0430. The Labute approximate surface area is 131 Å². The molecular formula is C14H17BrN2O4. The van der Waals surface area contributed by atoms with Gasteiger partial charge < -0.3 is 9.64 Å². The molecule has 0 radical (unpaired) electrons. The van der Waals surface area contributed by atoms with Crippen LogP contribution in [0.1, 0.15) is 31.9 Å². The third-order valence-electron chi connectivity index (χ3n) is 3.18. The van der Waals surface area contributed by atoms with Gasteiger partial charge in [0.05, 0.1) is 17.0 Å². The van der Waals surface area contributed by atoms with Gasteiger partial charge in [-0.1, -0.05) is 15.9 Å². The van der Waals surface area contributed by atoms with Crippen LogP contribution in [0.25, 0.3) is 0 Å². The summed E-state index contributed by atoms with van der Waals surface area (Å²) in [6.07, 6.45) is 0.124. The summed E-state index contributed by atoms with van der Waals surface area (Å²) in [4.78, 5) is 24.4. The summed E-state index contributed by atoms with van der Waals surface area (Å²) < 4.78 is 6.17. The lowest BCUT2D eigenvalue weighted by molar-refractivity contribution is -0.385. The van der Waals surface area contributed by atoms with E-state index in [0.717, 1.165) is 10.0 Å². The van der Waals surface area contributed by atoms with Gasteiger partial charge in [0, 0.05) is 17.1 Å². The van der Waals surface area contributed by atoms with E-state index in [1.807, 2.05) is 0 Å². The molecule has 2 rings (SSSR count). The Morgan fingerprint density at radius 3 is 2.62 bits per heavy atom. The first-order valence-electron chi connectivity index (χ1n) is 6.61. The van der Waals surface area contributed by atoms with Crippen LogP contribution in [0.4, 0.5) is 10.5 Å². The molecule has 1 aliphatic heterocycles. The minimum Gasteiger partial charge on any atom is -0.444 e. The molecule has 0 fully saturated rings. The highest BCUT2D eigenvalue weighted by atomic mass is 79.9. The number of hydrogen-bond acceptors (Lipinski definition) is 4. The Kier molecular flexibility index (Phi) is 4.22. The van der Waals surface area contributed by atoms with Gasteiger partial charge in [0.25, 0.3) is 5.69 Å². The summed E-state index contributed by atoms with van der Waals surface area (Å²) in [7, 11) is 0. The maximum Gasteiger partial charge on any atom is 0.410 e.